The predicted molar refractivity (Wildman–Crippen MR) is 106 cm³/mol. The van der Waals surface area contributed by atoms with Crippen molar-refractivity contribution >= 4 is 21.6 Å². The van der Waals surface area contributed by atoms with E-state index < -0.39 is 10.0 Å². The largest absolute Gasteiger partial charge is 0.378 e. The maximum atomic E-state index is 12.3. The second kappa shape index (κ2) is 8.86. The zero-order valence-electron chi connectivity index (χ0n) is 16.2. The molecule has 1 aliphatic rings. The van der Waals surface area contributed by atoms with Crippen molar-refractivity contribution in [3.05, 3.63) is 29.8 Å². The number of rotatable bonds is 7. The summed E-state index contributed by atoms with van der Waals surface area (Å²) in [5.74, 6) is 0.319. The molecule has 0 radical (unpaired) electrons. The smallest absolute Gasteiger partial charge is 0.220 e. The molecule has 0 saturated carbocycles. The standard InChI is InChI=1S/C19H31N3O3S/c1-15(13-16-5-7-18(8-6-16)21(2)3)20-19(23)14-17-9-11-22(12-10-17)26(4,24)25/h5-8,15,17H,9-14H2,1-4H3,(H,20,23)/t15-/m0/s1. The van der Waals surface area contributed by atoms with Gasteiger partial charge in [-0.15, -0.1) is 0 Å². The summed E-state index contributed by atoms with van der Waals surface area (Å²) in [6.45, 7) is 3.05. The predicted octanol–water partition coefficient (Wildman–Crippen LogP) is 1.86. The van der Waals surface area contributed by atoms with Crippen LogP contribution >= 0.6 is 0 Å². The van der Waals surface area contributed by atoms with Crippen LogP contribution in [0.5, 0.6) is 0 Å². The lowest BCUT2D eigenvalue weighted by atomic mass is 9.94. The molecule has 1 fully saturated rings. The topological polar surface area (TPSA) is 69.7 Å². The number of benzene rings is 1. The molecule has 0 aromatic heterocycles. The van der Waals surface area contributed by atoms with Crippen LogP contribution < -0.4 is 10.2 Å². The number of sulfonamides is 1. The van der Waals surface area contributed by atoms with Crippen molar-refractivity contribution in [2.45, 2.75) is 38.6 Å². The Bertz CT molecular complexity index is 693. The number of nitrogens with zero attached hydrogens (tertiary/aromatic N) is 2. The summed E-state index contributed by atoms with van der Waals surface area (Å²) >= 11 is 0. The molecule has 0 unspecified atom stereocenters. The Morgan fingerprint density at radius 1 is 1.23 bits per heavy atom. The molecule has 7 heteroatoms. The SMILES string of the molecule is C[C@@H](Cc1ccc(N(C)C)cc1)NC(=O)CC1CCN(S(C)(=O)=O)CC1. The van der Waals surface area contributed by atoms with Crippen molar-refractivity contribution in [3.63, 3.8) is 0 Å². The second-order valence-electron chi connectivity index (χ2n) is 7.54. The molecule has 1 N–H and O–H groups in total. The lowest BCUT2D eigenvalue weighted by Crippen LogP contribution is -2.40. The summed E-state index contributed by atoms with van der Waals surface area (Å²) in [6.07, 6.45) is 4.02. The summed E-state index contributed by atoms with van der Waals surface area (Å²) < 4.78 is 24.6. The molecule has 1 aliphatic heterocycles. The van der Waals surface area contributed by atoms with Crippen LogP contribution in [0.15, 0.2) is 24.3 Å². The molecule has 0 aliphatic carbocycles. The number of carbonyl (C=O) groups is 1. The Hall–Kier alpha value is -1.60. The van der Waals surface area contributed by atoms with Crippen LogP contribution in [0.2, 0.25) is 0 Å². The quantitative estimate of drug-likeness (QED) is 0.783. The highest BCUT2D eigenvalue weighted by molar-refractivity contribution is 7.88. The van der Waals surface area contributed by atoms with Crippen molar-refractivity contribution in [2.24, 2.45) is 5.92 Å². The average Bonchev–Trinajstić information content (AvgIpc) is 2.54. The number of piperidine rings is 1. The van der Waals surface area contributed by atoms with Gasteiger partial charge in [-0.2, -0.15) is 0 Å². The Morgan fingerprint density at radius 2 is 1.81 bits per heavy atom. The van der Waals surface area contributed by atoms with Crippen molar-refractivity contribution in [3.8, 4) is 0 Å². The van der Waals surface area contributed by atoms with Crippen LogP contribution in [0.1, 0.15) is 31.7 Å². The Balaban J connectivity index is 1.75. The molecule has 1 aromatic carbocycles. The Morgan fingerprint density at radius 3 is 2.31 bits per heavy atom. The number of amides is 1. The van der Waals surface area contributed by atoms with Gasteiger partial charge in [-0.25, -0.2) is 12.7 Å². The van der Waals surface area contributed by atoms with E-state index in [1.807, 2.05) is 21.0 Å². The monoisotopic (exact) mass is 381 g/mol. The Kier molecular flexibility index (Phi) is 7.06. The van der Waals surface area contributed by atoms with Gasteiger partial charge in [0.2, 0.25) is 15.9 Å². The normalized spacial score (nSPS) is 17.7. The number of anilines is 1. The van der Waals surface area contributed by atoms with Crippen molar-refractivity contribution < 1.29 is 13.2 Å². The fourth-order valence-electron chi connectivity index (χ4n) is 3.38. The summed E-state index contributed by atoms with van der Waals surface area (Å²) in [5.41, 5.74) is 2.36. The van der Waals surface area contributed by atoms with Crippen molar-refractivity contribution in [1.82, 2.24) is 9.62 Å². The van der Waals surface area contributed by atoms with Gasteiger partial charge in [0.1, 0.15) is 0 Å². The minimum Gasteiger partial charge on any atom is -0.378 e. The highest BCUT2D eigenvalue weighted by Crippen LogP contribution is 2.22. The third-order valence-corrected chi connectivity index (χ3v) is 6.22. The summed E-state index contributed by atoms with van der Waals surface area (Å²) in [6, 6.07) is 8.43. The van der Waals surface area contributed by atoms with Crippen LogP contribution in [0, 0.1) is 5.92 Å². The zero-order valence-corrected chi connectivity index (χ0v) is 17.1. The first-order valence-corrected chi connectivity index (χ1v) is 11.0. The van der Waals surface area contributed by atoms with E-state index in [1.54, 1.807) is 0 Å². The molecule has 6 nitrogen and oxygen atoms in total. The third kappa shape index (κ3) is 6.29. The van der Waals surface area contributed by atoms with E-state index in [-0.39, 0.29) is 17.9 Å². The maximum absolute atomic E-state index is 12.3. The highest BCUT2D eigenvalue weighted by atomic mass is 32.2. The second-order valence-corrected chi connectivity index (χ2v) is 9.53. The lowest BCUT2D eigenvalue weighted by molar-refractivity contribution is -0.122. The van der Waals surface area contributed by atoms with Gasteiger partial charge in [0.25, 0.3) is 0 Å². The highest BCUT2D eigenvalue weighted by Gasteiger charge is 2.26. The van der Waals surface area contributed by atoms with E-state index >= 15 is 0 Å². The average molecular weight is 382 g/mol. The number of nitrogens with one attached hydrogen (secondary N) is 1. The van der Waals surface area contributed by atoms with Gasteiger partial charge in [0.15, 0.2) is 0 Å². The van der Waals surface area contributed by atoms with Gasteiger partial charge in [-0.1, -0.05) is 12.1 Å². The molecule has 1 amide bonds. The summed E-state index contributed by atoms with van der Waals surface area (Å²) in [4.78, 5) is 14.3. The van der Waals surface area contributed by atoms with Crippen LogP contribution in [-0.4, -0.2) is 58.1 Å². The van der Waals surface area contributed by atoms with E-state index in [4.69, 9.17) is 0 Å². The number of hydrogen-bond acceptors (Lipinski definition) is 4. The summed E-state index contributed by atoms with van der Waals surface area (Å²) in [5, 5.41) is 3.07. The molecule has 0 bridgehead atoms. The van der Waals surface area contributed by atoms with Crippen LogP contribution in [0.4, 0.5) is 5.69 Å². The van der Waals surface area contributed by atoms with Crippen LogP contribution in [0.25, 0.3) is 0 Å². The van der Waals surface area contributed by atoms with Gasteiger partial charge in [-0.05, 0) is 49.8 Å². The molecule has 26 heavy (non-hydrogen) atoms. The fourth-order valence-corrected chi connectivity index (χ4v) is 4.25. The van der Waals surface area contributed by atoms with E-state index in [0.29, 0.717) is 19.5 Å². The minimum atomic E-state index is -3.11. The molecule has 0 spiro atoms. The lowest BCUT2D eigenvalue weighted by Gasteiger charge is -2.30. The first-order chi connectivity index (χ1) is 12.1. The fraction of sp³-hybridized carbons (Fsp3) is 0.632. The van der Waals surface area contributed by atoms with Crippen molar-refractivity contribution in [2.75, 3.05) is 38.3 Å². The molecular weight excluding hydrogens is 350 g/mol. The first-order valence-electron chi connectivity index (χ1n) is 9.16. The Labute approximate surface area is 157 Å². The molecule has 1 heterocycles. The van der Waals surface area contributed by atoms with E-state index in [2.05, 4.69) is 34.5 Å². The minimum absolute atomic E-state index is 0.0558. The molecule has 1 saturated heterocycles. The molecule has 146 valence electrons. The number of hydrogen-bond donors (Lipinski definition) is 1. The van der Waals surface area contributed by atoms with Crippen molar-refractivity contribution in [1.29, 1.82) is 0 Å². The van der Waals surface area contributed by atoms with Gasteiger partial charge >= 0.3 is 0 Å². The first kappa shape index (κ1) is 20.7. The van der Waals surface area contributed by atoms with Crippen LogP contribution in [0.3, 0.4) is 0 Å². The van der Waals surface area contributed by atoms with Gasteiger partial charge in [-0.3, -0.25) is 4.79 Å². The maximum Gasteiger partial charge on any atom is 0.220 e. The van der Waals surface area contributed by atoms with Crippen LogP contribution in [-0.2, 0) is 21.2 Å². The zero-order chi connectivity index (χ0) is 19.3. The molecule has 1 atom stereocenters. The molecular formula is C19H31N3O3S. The van der Waals surface area contributed by atoms with Gasteiger partial charge in [0, 0.05) is 45.3 Å². The van der Waals surface area contributed by atoms with E-state index in [1.165, 1.54) is 16.1 Å². The van der Waals surface area contributed by atoms with E-state index in [0.717, 1.165) is 24.9 Å². The number of carbonyl (C=O) groups excluding carboxylic acids is 1. The van der Waals surface area contributed by atoms with Gasteiger partial charge < -0.3 is 10.2 Å². The molecule has 1 aromatic rings. The third-order valence-electron chi connectivity index (χ3n) is 4.92. The summed E-state index contributed by atoms with van der Waals surface area (Å²) in [7, 11) is 0.914. The van der Waals surface area contributed by atoms with E-state index in [9.17, 15) is 13.2 Å². The van der Waals surface area contributed by atoms with Gasteiger partial charge in [0.05, 0.1) is 6.26 Å². The molecule has 2 rings (SSSR count).